The maximum Gasteiger partial charge on any atom is 0.251 e. The van der Waals surface area contributed by atoms with Crippen LogP contribution in [0.3, 0.4) is 0 Å². The molecule has 8 heteroatoms. The molecule has 0 aliphatic carbocycles. The first-order valence-corrected chi connectivity index (χ1v) is 10.2. The number of carbonyl (C=O) groups is 1. The quantitative estimate of drug-likeness (QED) is 0.203. The first-order valence-electron chi connectivity index (χ1n) is 10.2. The zero-order valence-electron chi connectivity index (χ0n) is 17.9. The minimum atomic E-state index is -0.0339. The van der Waals surface area contributed by atoms with Gasteiger partial charge in [0.05, 0.1) is 19.8 Å². The van der Waals surface area contributed by atoms with Crippen LogP contribution in [0.2, 0.25) is 0 Å². The predicted molar refractivity (Wildman–Crippen MR) is 129 cm³/mol. The summed E-state index contributed by atoms with van der Waals surface area (Å²) in [5.41, 5.74) is 0.686. The number of carbonyl (C=O) groups excluding carboxylic acids is 1. The third-order valence-corrected chi connectivity index (χ3v) is 4.80. The van der Waals surface area contributed by atoms with Crippen LogP contribution < -0.4 is 16.0 Å². The zero-order chi connectivity index (χ0) is 20.2. The smallest absolute Gasteiger partial charge is 0.251 e. The van der Waals surface area contributed by atoms with Crippen molar-refractivity contribution in [3.8, 4) is 0 Å². The van der Waals surface area contributed by atoms with Gasteiger partial charge in [0.2, 0.25) is 0 Å². The summed E-state index contributed by atoms with van der Waals surface area (Å²) in [7, 11) is 0. The lowest BCUT2D eigenvalue weighted by atomic mass is 10.0. The Labute approximate surface area is 192 Å². The van der Waals surface area contributed by atoms with Crippen molar-refractivity contribution in [1.82, 2.24) is 20.9 Å². The van der Waals surface area contributed by atoms with E-state index in [1.807, 2.05) is 30.3 Å². The summed E-state index contributed by atoms with van der Waals surface area (Å²) in [4.78, 5) is 19.2. The number of amides is 1. The van der Waals surface area contributed by atoms with Gasteiger partial charge in [0.25, 0.3) is 5.91 Å². The van der Waals surface area contributed by atoms with Gasteiger partial charge in [-0.25, -0.2) is 0 Å². The number of morpholine rings is 1. The van der Waals surface area contributed by atoms with Crippen LogP contribution in [-0.2, 0) is 4.74 Å². The molecule has 1 heterocycles. The number of halogens is 1. The summed E-state index contributed by atoms with van der Waals surface area (Å²) >= 11 is 0. The van der Waals surface area contributed by atoms with Crippen LogP contribution in [0.4, 0.5) is 0 Å². The van der Waals surface area contributed by atoms with E-state index >= 15 is 0 Å². The Morgan fingerprint density at radius 1 is 1.10 bits per heavy atom. The highest BCUT2D eigenvalue weighted by atomic mass is 127. The highest BCUT2D eigenvalue weighted by Crippen LogP contribution is 2.16. The summed E-state index contributed by atoms with van der Waals surface area (Å²) in [6.45, 7) is 12.9. The average Bonchev–Trinajstić information content (AvgIpc) is 2.73. The molecule has 3 N–H and O–H groups in total. The Bertz CT molecular complexity index is 619. The summed E-state index contributed by atoms with van der Waals surface area (Å²) in [6.07, 6.45) is 0.829. The van der Waals surface area contributed by atoms with Gasteiger partial charge in [-0.2, -0.15) is 0 Å². The second kappa shape index (κ2) is 13.8. The Morgan fingerprint density at radius 2 is 1.76 bits per heavy atom. The molecule has 2 rings (SSSR count). The van der Waals surface area contributed by atoms with Gasteiger partial charge in [-0.05, 0) is 39.3 Å². The molecule has 0 radical (unpaired) electrons. The first kappa shape index (κ1) is 25.6. The second-order valence-electron chi connectivity index (χ2n) is 7.51. The van der Waals surface area contributed by atoms with E-state index in [9.17, 15) is 4.79 Å². The number of benzene rings is 1. The molecular weight excluding hydrogens is 481 g/mol. The van der Waals surface area contributed by atoms with Crippen molar-refractivity contribution < 1.29 is 9.53 Å². The SMILES string of the molecule is CCNC(=NCC(C)(C)N1CCOCC1)NCCCNC(=O)c1ccccc1.I. The van der Waals surface area contributed by atoms with Gasteiger partial charge in [0.15, 0.2) is 5.96 Å². The summed E-state index contributed by atoms with van der Waals surface area (Å²) in [6, 6.07) is 9.28. The van der Waals surface area contributed by atoms with E-state index in [0.717, 1.165) is 51.8 Å². The molecule has 1 fully saturated rings. The van der Waals surface area contributed by atoms with Crippen LogP contribution in [0, 0.1) is 0 Å². The van der Waals surface area contributed by atoms with E-state index < -0.39 is 0 Å². The minimum absolute atomic E-state index is 0. The molecule has 1 amide bonds. The van der Waals surface area contributed by atoms with Crippen molar-refractivity contribution in [3.05, 3.63) is 35.9 Å². The van der Waals surface area contributed by atoms with E-state index in [2.05, 4.69) is 41.6 Å². The standard InChI is InChI=1S/C21H35N5O2.HI/c1-4-22-20(25-17-21(2,3)26-13-15-28-16-14-26)24-12-8-11-23-19(27)18-9-6-5-7-10-18;/h5-7,9-10H,4,8,11-17H2,1-3H3,(H,23,27)(H2,22,24,25);1H. The Balaban J connectivity index is 0.00000420. The molecule has 0 saturated carbocycles. The molecule has 1 saturated heterocycles. The fourth-order valence-electron chi connectivity index (χ4n) is 3.07. The molecule has 0 bridgehead atoms. The van der Waals surface area contributed by atoms with Gasteiger partial charge in [-0.1, -0.05) is 18.2 Å². The van der Waals surface area contributed by atoms with E-state index in [-0.39, 0.29) is 35.4 Å². The van der Waals surface area contributed by atoms with Gasteiger partial charge in [0.1, 0.15) is 0 Å². The van der Waals surface area contributed by atoms with Gasteiger partial charge in [-0.15, -0.1) is 24.0 Å². The second-order valence-corrected chi connectivity index (χ2v) is 7.51. The van der Waals surface area contributed by atoms with Crippen molar-refractivity contribution in [2.24, 2.45) is 4.99 Å². The Hall–Kier alpha value is -1.39. The fourth-order valence-corrected chi connectivity index (χ4v) is 3.07. The van der Waals surface area contributed by atoms with Crippen LogP contribution in [-0.4, -0.2) is 74.8 Å². The molecule has 29 heavy (non-hydrogen) atoms. The van der Waals surface area contributed by atoms with E-state index in [0.29, 0.717) is 18.7 Å². The molecule has 0 unspecified atom stereocenters. The number of hydrogen-bond acceptors (Lipinski definition) is 4. The highest BCUT2D eigenvalue weighted by molar-refractivity contribution is 14.0. The molecule has 7 nitrogen and oxygen atoms in total. The summed E-state index contributed by atoms with van der Waals surface area (Å²) in [5, 5.41) is 9.59. The lowest BCUT2D eigenvalue weighted by Crippen LogP contribution is -2.52. The topological polar surface area (TPSA) is 78.0 Å². The monoisotopic (exact) mass is 517 g/mol. The van der Waals surface area contributed by atoms with Gasteiger partial charge in [0, 0.05) is 43.8 Å². The molecule has 1 aliphatic rings. The van der Waals surface area contributed by atoms with E-state index in [4.69, 9.17) is 9.73 Å². The maximum atomic E-state index is 12.0. The molecule has 0 spiro atoms. The maximum absolute atomic E-state index is 12.0. The number of ether oxygens (including phenoxy) is 1. The average molecular weight is 517 g/mol. The van der Waals surface area contributed by atoms with Crippen molar-refractivity contribution >= 4 is 35.8 Å². The number of nitrogens with one attached hydrogen (secondary N) is 3. The molecule has 0 aromatic heterocycles. The minimum Gasteiger partial charge on any atom is -0.379 e. The van der Waals surface area contributed by atoms with Gasteiger partial charge >= 0.3 is 0 Å². The van der Waals surface area contributed by atoms with Crippen LogP contribution in [0.25, 0.3) is 0 Å². The van der Waals surface area contributed by atoms with Crippen LogP contribution in [0.5, 0.6) is 0 Å². The van der Waals surface area contributed by atoms with Gasteiger partial charge in [-0.3, -0.25) is 14.7 Å². The number of guanidine groups is 1. The fraction of sp³-hybridized carbons (Fsp3) is 0.619. The third kappa shape index (κ3) is 9.31. The molecule has 164 valence electrons. The predicted octanol–water partition coefficient (Wildman–Crippen LogP) is 2.09. The van der Waals surface area contributed by atoms with Crippen LogP contribution in [0.1, 0.15) is 37.6 Å². The number of hydrogen-bond donors (Lipinski definition) is 3. The lowest BCUT2D eigenvalue weighted by Gasteiger charge is -2.39. The Morgan fingerprint density at radius 3 is 2.41 bits per heavy atom. The number of aliphatic imine (C=N–C) groups is 1. The largest absolute Gasteiger partial charge is 0.379 e. The molecule has 1 aromatic rings. The van der Waals surface area contributed by atoms with Crippen LogP contribution >= 0.6 is 24.0 Å². The lowest BCUT2D eigenvalue weighted by molar-refractivity contribution is -0.00683. The molecule has 1 aromatic carbocycles. The molecule has 1 aliphatic heterocycles. The highest BCUT2D eigenvalue weighted by Gasteiger charge is 2.28. The van der Waals surface area contributed by atoms with Gasteiger partial charge < -0.3 is 20.7 Å². The zero-order valence-corrected chi connectivity index (χ0v) is 20.2. The van der Waals surface area contributed by atoms with Crippen molar-refractivity contribution in [2.45, 2.75) is 32.7 Å². The van der Waals surface area contributed by atoms with Crippen LogP contribution in [0.15, 0.2) is 35.3 Å². The van der Waals surface area contributed by atoms with Crippen molar-refractivity contribution in [2.75, 3.05) is 52.5 Å². The number of nitrogens with zero attached hydrogens (tertiary/aromatic N) is 2. The van der Waals surface area contributed by atoms with E-state index in [1.54, 1.807) is 0 Å². The third-order valence-electron chi connectivity index (χ3n) is 4.80. The summed E-state index contributed by atoms with van der Waals surface area (Å²) in [5.74, 6) is 0.784. The van der Waals surface area contributed by atoms with E-state index in [1.165, 1.54) is 0 Å². The summed E-state index contributed by atoms with van der Waals surface area (Å²) < 4.78 is 5.45. The normalized spacial score (nSPS) is 15.3. The van der Waals surface area contributed by atoms with Crippen molar-refractivity contribution in [1.29, 1.82) is 0 Å². The first-order chi connectivity index (χ1) is 13.5. The molecular formula is C21H36IN5O2. The Kier molecular flexibility index (Phi) is 12.2. The van der Waals surface area contributed by atoms with Crippen molar-refractivity contribution in [3.63, 3.8) is 0 Å². The molecule has 0 atom stereocenters. The number of rotatable bonds is 9.